The van der Waals surface area contributed by atoms with Crippen molar-refractivity contribution in [2.75, 3.05) is 32.8 Å². The van der Waals surface area contributed by atoms with Crippen LogP contribution in [0.3, 0.4) is 0 Å². The third kappa shape index (κ3) is 9.72. The van der Waals surface area contributed by atoms with E-state index in [9.17, 15) is 13.2 Å². The Balaban J connectivity index is 3.59. The summed E-state index contributed by atoms with van der Waals surface area (Å²) < 4.78 is 39.7. The van der Waals surface area contributed by atoms with Crippen LogP contribution >= 0.6 is 0 Å². The number of ether oxygens (including phenoxy) is 1. The molecule has 16 heavy (non-hydrogen) atoms. The lowest BCUT2D eigenvalue weighted by Crippen LogP contribution is -2.31. The van der Waals surface area contributed by atoms with E-state index in [2.05, 4.69) is 4.74 Å². The van der Waals surface area contributed by atoms with Crippen molar-refractivity contribution < 1.29 is 17.9 Å². The topological polar surface area (TPSA) is 62.3 Å². The molecule has 0 heterocycles. The molecule has 96 valence electrons. The molecule has 0 saturated carbocycles. The van der Waals surface area contributed by atoms with Crippen molar-refractivity contribution in [3.05, 3.63) is 0 Å². The van der Waals surface area contributed by atoms with Crippen molar-refractivity contribution in [2.45, 2.75) is 19.5 Å². The largest absolute Gasteiger partial charge is 0.411 e. The summed E-state index contributed by atoms with van der Waals surface area (Å²) in [6.45, 7) is 2.40. The molecule has 0 aliphatic rings. The SMILES string of the molecule is CCN(CCOCC(F)(F)F)CCC(=N)N. The molecule has 0 unspecified atom stereocenters. The summed E-state index contributed by atoms with van der Waals surface area (Å²) >= 11 is 0. The van der Waals surface area contributed by atoms with Gasteiger partial charge in [0.25, 0.3) is 0 Å². The molecule has 0 atom stereocenters. The predicted octanol–water partition coefficient (Wildman–Crippen LogP) is 1.21. The lowest BCUT2D eigenvalue weighted by molar-refractivity contribution is -0.174. The summed E-state index contributed by atoms with van der Waals surface area (Å²) in [5.41, 5.74) is 5.18. The molecule has 0 amide bonds. The van der Waals surface area contributed by atoms with Gasteiger partial charge in [-0.05, 0) is 6.54 Å². The van der Waals surface area contributed by atoms with E-state index in [1.54, 1.807) is 0 Å². The average molecular weight is 241 g/mol. The zero-order chi connectivity index (χ0) is 12.6. The number of hydrogen-bond acceptors (Lipinski definition) is 3. The van der Waals surface area contributed by atoms with Gasteiger partial charge in [0.1, 0.15) is 6.61 Å². The minimum atomic E-state index is -4.27. The Hall–Kier alpha value is -0.820. The monoisotopic (exact) mass is 241 g/mol. The van der Waals surface area contributed by atoms with Crippen LogP contribution in [0.25, 0.3) is 0 Å². The van der Waals surface area contributed by atoms with E-state index in [-0.39, 0.29) is 12.4 Å². The molecular formula is C9H18F3N3O. The van der Waals surface area contributed by atoms with Gasteiger partial charge in [-0.2, -0.15) is 13.2 Å². The first kappa shape index (κ1) is 15.2. The number of nitrogens with zero attached hydrogens (tertiary/aromatic N) is 1. The number of alkyl halides is 3. The van der Waals surface area contributed by atoms with Gasteiger partial charge in [0.2, 0.25) is 0 Å². The van der Waals surface area contributed by atoms with Gasteiger partial charge in [0.05, 0.1) is 12.4 Å². The number of hydrogen-bond donors (Lipinski definition) is 2. The zero-order valence-corrected chi connectivity index (χ0v) is 9.31. The summed E-state index contributed by atoms with van der Waals surface area (Å²) in [6.07, 6.45) is -3.84. The molecule has 3 N–H and O–H groups in total. The number of nitrogens with one attached hydrogen (secondary N) is 1. The van der Waals surface area contributed by atoms with Crippen molar-refractivity contribution in [1.82, 2.24) is 4.90 Å². The van der Waals surface area contributed by atoms with Crippen LogP contribution in [0.1, 0.15) is 13.3 Å². The van der Waals surface area contributed by atoms with Crippen molar-refractivity contribution in [1.29, 1.82) is 5.41 Å². The van der Waals surface area contributed by atoms with Crippen LogP contribution in [0.2, 0.25) is 0 Å². The van der Waals surface area contributed by atoms with E-state index < -0.39 is 12.8 Å². The van der Waals surface area contributed by atoms with Gasteiger partial charge in [-0.15, -0.1) is 0 Å². The van der Waals surface area contributed by atoms with Gasteiger partial charge in [-0.25, -0.2) is 0 Å². The van der Waals surface area contributed by atoms with Crippen molar-refractivity contribution in [2.24, 2.45) is 5.73 Å². The summed E-state index contributed by atoms with van der Waals surface area (Å²) in [4.78, 5) is 1.89. The van der Waals surface area contributed by atoms with Crippen molar-refractivity contribution in [3.63, 3.8) is 0 Å². The molecule has 0 spiro atoms. The van der Waals surface area contributed by atoms with Crippen LogP contribution in [0.15, 0.2) is 0 Å². The molecule has 7 heteroatoms. The molecular weight excluding hydrogens is 223 g/mol. The fraction of sp³-hybridized carbons (Fsp3) is 0.889. The molecule has 0 aliphatic heterocycles. The molecule has 0 bridgehead atoms. The Morgan fingerprint density at radius 3 is 2.44 bits per heavy atom. The number of amidine groups is 1. The highest BCUT2D eigenvalue weighted by Gasteiger charge is 2.27. The van der Waals surface area contributed by atoms with Gasteiger partial charge >= 0.3 is 6.18 Å². The van der Waals surface area contributed by atoms with Gasteiger partial charge in [0, 0.05) is 19.5 Å². The molecule has 0 aromatic heterocycles. The molecule has 0 aliphatic carbocycles. The van der Waals surface area contributed by atoms with Gasteiger partial charge < -0.3 is 15.4 Å². The normalized spacial score (nSPS) is 12.1. The van der Waals surface area contributed by atoms with Crippen LogP contribution in [0.5, 0.6) is 0 Å². The van der Waals surface area contributed by atoms with Gasteiger partial charge in [-0.3, -0.25) is 5.41 Å². The van der Waals surface area contributed by atoms with Crippen LogP contribution in [0, 0.1) is 5.41 Å². The Labute approximate surface area is 93.1 Å². The molecule has 4 nitrogen and oxygen atoms in total. The first-order chi connectivity index (χ1) is 7.35. The maximum absolute atomic E-state index is 11.7. The summed E-state index contributed by atoms with van der Waals surface area (Å²) in [7, 11) is 0. The lowest BCUT2D eigenvalue weighted by atomic mass is 10.3. The summed E-state index contributed by atoms with van der Waals surface area (Å²) in [5, 5.41) is 7.03. The summed E-state index contributed by atoms with van der Waals surface area (Å²) in [5.74, 6) is 0.0784. The molecule has 0 rings (SSSR count). The maximum Gasteiger partial charge on any atom is 0.411 e. The van der Waals surface area contributed by atoms with Crippen LogP contribution in [0.4, 0.5) is 13.2 Å². The third-order valence-electron chi connectivity index (χ3n) is 1.96. The Bertz CT molecular complexity index is 209. The second kappa shape index (κ2) is 7.45. The third-order valence-corrected chi connectivity index (χ3v) is 1.96. The molecule has 0 aromatic rings. The molecule has 0 aromatic carbocycles. The van der Waals surface area contributed by atoms with Crippen LogP contribution < -0.4 is 5.73 Å². The van der Waals surface area contributed by atoms with Gasteiger partial charge in [0.15, 0.2) is 0 Å². The number of halogens is 3. The Kier molecular flexibility index (Phi) is 7.07. The van der Waals surface area contributed by atoms with Crippen molar-refractivity contribution in [3.8, 4) is 0 Å². The minimum absolute atomic E-state index is 0.0330. The summed E-state index contributed by atoms with van der Waals surface area (Å²) in [6, 6.07) is 0. The Morgan fingerprint density at radius 1 is 1.38 bits per heavy atom. The highest BCUT2D eigenvalue weighted by Crippen LogP contribution is 2.14. The fourth-order valence-corrected chi connectivity index (χ4v) is 1.09. The number of nitrogens with two attached hydrogens (primary N) is 1. The molecule has 0 fully saturated rings. The van der Waals surface area contributed by atoms with E-state index in [4.69, 9.17) is 11.1 Å². The number of rotatable bonds is 8. The predicted molar refractivity (Wildman–Crippen MR) is 55.5 cm³/mol. The van der Waals surface area contributed by atoms with Gasteiger partial charge in [-0.1, -0.05) is 6.92 Å². The molecule has 0 saturated heterocycles. The van der Waals surface area contributed by atoms with E-state index in [1.165, 1.54) is 0 Å². The fourth-order valence-electron chi connectivity index (χ4n) is 1.09. The lowest BCUT2D eigenvalue weighted by Gasteiger charge is -2.20. The highest BCUT2D eigenvalue weighted by atomic mass is 19.4. The quantitative estimate of drug-likeness (QED) is 0.381. The van der Waals surface area contributed by atoms with Crippen LogP contribution in [-0.4, -0.2) is 49.8 Å². The van der Waals surface area contributed by atoms with E-state index in [1.807, 2.05) is 11.8 Å². The standard InChI is InChI=1S/C9H18F3N3O/c1-2-15(4-3-8(13)14)5-6-16-7-9(10,11)12/h2-7H2,1H3,(H3,13,14). The second-order valence-electron chi connectivity index (χ2n) is 3.38. The maximum atomic E-state index is 11.7. The number of likely N-dealkylation sites (N-methyl/N-ethyl adjacent to an activating group) is 1. The first-order valence-electron chi connectivity index (χ1n) is 5.05. The molecule has 0 radical (unpaired) electrons. The van der Waals surface area contributed by atoms with Crippen molar-refractivity contribution >= 4 is 5.84 Å². The zero-order valence-electron chi connectivity index (χ0n) is 9.31. The van der Waals surface area contributed by atoms with Crippen LogP contribution in [-0.2, 0) is 4.74 Å². The van der Waals surface area contributed by atoms with E-state index in [0.29, 0.717) is 26.1 Å². The second-order valence-corrected chi connectivity index (χ2v) is 3.38. The smallest absolute Gasteiger partial charge is 0.388 e. The van der Waals surface area contributed by atoms with E-state index in [0.717, 1.165) is 0 Å². The highest BCUT2D eigenvalue weighted by molar-refractivity contribution is 5.76. The average Bonchev–Trinajstić information content (AvgIpc) is 2.15. The first-order valence-corrected chi connectivity index (χ1v) is 5.05. The van der Waals surface area contributed by atoms with E-state index >= 15 is 0 Å². The Morgan fingerprint density at radius 2 is 2.00 bits per heavy atom. The minimum Gasteiger partial charge on any atom is -0.388 e.